The fourth-order valence-electron chi connectivity index (χ4n) is 2.72. The van der Waals surface area contributed by atoms with Gasteiger partial charge < -0.3 is 9.88 Å². The van der Waals surface area contributed by atoms with Gasteiger partial charge in [-0.25, -0.2) is 18.1 Å². The first-order chi connectivity index (χ1) is 14.5. The molecule has 3 aromatic rings. The first-order valence-electron chi connectivity index (χ1n) is 8.72. The van der Waals surface area contributed by atoms with Crippen molar-refractivity contribution >= 4 is 31.6 Å². The van der Waals surface area contributed by atoms with Crippen LogP contribution in [-0.2, 0) is 17.1 Å². The second kappa shape index (κ2) is 7.02. The van der Waals surface area contributed by atoms with E-state index in [0.717, 1.165) is 18.3 Å². The van der Waals surface area contributed by atoms with E-state index < -0.39 is 30.7 Å². The quantitative estimate of drug-likeness (QED) is 0.480. The summed E-state index contributed by atoms with van der Waals surface area (Å²) in [6, 6.07) is 5.99. The van der Waals surface area contributed by atoms with E-state index in [2.05, 4.69) is 15.0 Å². The summed E-state index contributed by atoms with van der Waals surface area (Å²) in [5, 5.41) is 2.76. The lowest BCUT2D eigenvalue weighted by Crippen LogP contribution is -2.19. The van der Waals surface area contributed by atoms with E-state index in [1.54, 1.807) is 0 Å². The molecule has 0 radical (unpaired) electrons. The van der Waals surface area contributed by atoms with Crippen LogP contribution in [0.4, 0.5) is 30.8 Å². The molecule has 0 fully saturated rings. The lowest BCUT2D eigenvalue weighted by Gasteiger charge is -2.40. The maximum Gasteiger partial charge on any atom is 0.310 e. The van der Waals surface area contributed by atoms with Gasteiger partial charge in [0, 0.05) is 30.2 Å². The van der Waals surface area contributed by atoms with Gasteiger partial charge in [0.15, 0.2) is 0 Å². The van der Waals surface area contributed by atoms with Crippen molar-refractivity contribution in [1.29, 1.82) is 0 Å². The van der Waals surface area contributed by atoms with E-state index in [1.165, 1.54) is 43.1 Å². The van der Waals surface area contributed by atoms with Gasteiger partial charge >= 0.3 is 10.2 Å². The Morgan fingerprint density at radius 1 is 1.00 bits per heavy atom. The fourth-order valence-corrected chi connectivity index (χ4v) is 4.12. The Morgan fingerprint density at radius 2 is 1.62 bits per heavy atom. The number of benzene rings is 2. The number of nitrogens with zero attached hydrogens (tertiary/aromatic N) is 2. The standard InChI is InChI=1S/C18H17F5N4O3S2/c1-24-31(29,30)13-5-8-16(15(9-13)17-11-27(2)18(28)10-25-17)26-12-3-6-14(7-4-12)32(19,20,21,22)23/h3-11,24,26H,1-2H3. The van der Waals surface area contributed by atoms with Crippen LogP contribution in [0.3, 0.4) is 0 Å². The van der Waals surface area contributed by atoms with Gasteiger partial charge in [0.2, 0.25) is 10.0 Å². The highest BCUT2D eigenvalue weighted by molar-refractivity contribution is 8.45. The normalized spacial score (nSPS) is 14.5. The Balaban J connectivity index is 2.10. The van der Waals surface area contributed by atoms with Gasteiger partial charge in [-0.1, -0.05) is 19.4 Å². The second-order valence-corrected chi connectivity index (χ2v) is 11.1. The van der Waals surface area contributed by atoms with Crippen LogP contribution in [0.1, 0.15) is 0 Å². The van der Waals surface area contributed by atoms with Crippen LogP contribution < -0.4 is 15.6 Å². The van der Waals surface area contributed by atoms with Crippen molar-refractivity contribution in [2.75, 3.05) is 12.4 Å². The van der Waals surface area contributed by atoms with Gasteiger partial charge in [-0.3, -0.25) is 4.79 Å². The summed E-state index contributed by atoms with van der Waals surface area (Å²) in [5.74, 6) is 0. The number of hydrogen-bond acceptors (Lipinski definition) is 5. The number of rotatable bonds is 6. The van der Waals surface area contributed by atoms with E-state index in [9.17, 15) is 32.6 Å². The molecule has 0 saturated heterocycles. The number of hydrogen-bond donors (Lipinski definition) is 2. The summed E-state index contributed by atoms with van der Waals surface area (Å²) in [5.41, 5.74) is 0.214. The third-order valence-electron chi connectivity index (χ3n) is 4.40. The molecule has 32 heavy (non-hydrogen) atoms. The molecule has 0 amide bonds. The first-order valence-corrected chi connectivity index (χ1v) is 12.2. The van der Waals surface area contributed by atoms with Crippen LogP contribution in [0.5, 0.6) is 0 Å². The lowest BCUT2D eigenvalue weighted by molar-refractivity contribution is 0.364. The highest BCUT2D eigenvalue weighted by atomic mass is 32.5. The summed E-state index contributed by atoms with van der Waals surface area (Å²) >= 11 is 0. The summed E-state index contributed by atoms with van der Waals surface area (Å²) < 4.78 is 92.4. The predicted octanol–water partition coefficient (Wildman–Crippen LogP) is 4.76. The topological polar surface area (TPSA) is 93.1 Å². The Morgan fingerprint density at radius 3 is 2.16 bits per heavy atom. The second-order valence-electron chi connectivity index (χ2n) is 6.75. The van der Waals surface area contributed by atoms with E-state index in [4.69, 9.17) is 0 Å². The number of nitrogens with one attached hydrogen (secondary N) is 2. The molecule has 0 saturated carbocycles. The summed E-state index contributed by atoms with van der Waals surface area (Å²) in [7, 11) is -11.0. The van der Waals surface area contributed by atoms with Crippen molar-refractivity contribution in [3.05, 3.63) is 65.2 Å². The average Bonchev–Trinajstić information content (AvgIpc) is 2.69. The first kappa shape index (κ1) is 23.7. The molecule has 3 rings (SSSR count). The largest absolute Gasteiger partial charge is 0.355 e. The van der Waals surface area contributed by atoms with E-state index >= 15 is 0 Å². The van der Waals surface area contributed by atoms with Gasteiger partial charge in [-0.15, -0.1) is 0 Å². The van der Waals surface area contributed by atoms with Crippen LogP contribution in [-0.4, -0.2) is 25.0 Å². The molecule has 0 atom stereocenters. The Kier molecular flexibility index (Phi) is 5.19. The molecule has 0 aliphatic rings. The molecule has 1 heterocycles. The Labute approximate surface area is 179 Å². The molecule has 2 aromatic carbocycles. The molecule has 2 N–H and O–H groups in total. The molecule has 14 heteroatoms. The highest BCUT2D eigenvalue weighted by Gasteiger charge is 2.65. The zero-order valence-corrected chi connectivity index (χ0v) is 18.2. The minimum Gasteiger partial charge on any atom is -0.355 e. The number of anilines is 2. The van der Waals surface area contributed by atoms with Crippen LogP contribution in [0.15, 0.2) is 69.4 Å². The van der Waals surface area contributed by atoms with Crippen molar-refractivity contribution in [3.63, 3.8) is 0 Å². The molecule has 7 nitrogen and oxygen atoms in total. The smallest absolute Gasteiger partial charge is 0.310 e. The van der Waals surface area contributed by atoms with E-state index in [1.807, 2.05) is 0 Å². The summed E-state index contributed by atoms with van der Waals surface area (Å²) in [4.78, 5) is 13.5. The number of aryl methyl sites for hydroxylation is 1. The minimum atomic E-state index is -9.81. The number of sulfonamides is 1. The highest BCUT2D eigenvalue weighted by Crippen LogP contribution is 3.02. The van der Waals surface area contributed by atoms with Gasteiger partial charge in [0.25, 0.3) is 5.56 Å². The summed E-state index contributed by atoms with van der Waals surface area (Å²) in [6.45, 7) is 0. The van der Waals surface area contributed by atoms with Crippen molar-refractivity contribution in [2.24, 2.45) is 7.05 Å². The van der Waals surface area contributed by atoms with Crippen LogP contribution >= 0.6 is 10.2 Å². The van der Waals surface area contributed by atoms with E-state index in [0.29, 0.717) is 0 Å². The zero-order valence-electron chi connectivity index (χ0n) is 16.5. The fraction of sp³-hybridized carbons (Fsp3) is 0.111. The molecule has 1 aromatic heterocycles. The molecule has 0 aliphatic carbocycles. The number of aromatic nitrogens is 2. The SMILES string of the molecule is CNS(=O)(=O)c1ccc(Nc2ccc(S(F)(F)(F)(F)F)cc2)c(-c2cn(C)c(=O)cn2)c1. The maximum atomic E-state index is 12.9. The molecule has 0 aliphatic heterocycles. The molecule has 174 valence electrons. The lowest BCUT2D eigenvalue weighted by atomic mass is 10.1. The summed E-state index contributed by atoms with van der Waals surface area (Å²) in [6.07, 6.45) is 2.36. The van der Waals surface area contributed by atoms with E-state index in [-0.39, 0.29) is 39.7 Å². The molecular formula is C18H17F5N4O3S2. The van der Waals surface area contributed by atoms with Gasteiger partial charge in [-0.2, -0.15) is 0 Å². The van der Waals surface area contributed by atoms with Crippen LogP contribution in [0, 0.1) is 0 Å². The van der Waals surface area contributed by atoms with Gasteiger partial charge in [0.05, 0.1) is 16.8 Å². The maximum absolute atomic E-state index is 12.9. The van der Waals surface area contributed by atoms with Crippen molar-refractivity contribution in [1.82, 2.24) is 14.3 Å². The third kappa shape index (κ3) is 5.08. The number of halogens is 5. The van der Waals surface area contributed by atoms with Crippen molar-refractivity contribution in [2.45, 2.75) is 9.79 Å². The monoisotopic (exact) mass is 496 g/mol. The zero-order chi connectivity index (χ0) is 24.0. The molecule has 0 spiro atoms. The molecular weight excluding hydrogens is 479 g/mol. The minimum absolute atomic E-state index is 0.0332. The average molecular weight is 496 g/mol. The third-order valence-corrected chi connectivity index (χ3v) is 6.98. The van der Waals surface area contributed by atoms with Crippen LogP contribution in [0.25, 0.3) is 11.3 Å². The Hall–Kier alpha value is -2.97. The molecule has 0 unspecified atom stereocenters. The predicted molar refractivity (Wildman–Crippen MR) is 112 cm³/mol. The van der Waals surface area contributed by atoms with Crippen LogP contribution in [0.2, 0.25) is 0 Å². The van der Waals surface area contributed by atoms with Gasteiger partial charge in [-0.05, 0) is 49.5 Å². The molecule has 0 bridgehead atoms. The van der Waals surface area contributed by atoms with Gasteiger partial charge in [0.1, 0.15) is 4.90 Å². The Bertz CT molecular complexity index is 1360. The van der Waals surface area contributed by atoms with Crippen molar-refractivity contribution < 1.29 is 27.8 Å². The van der Waals surface area contributed by atoms with Crippen molar-refractivity contribution in [3.8, 4) is 11.3 Å².